The molecule has 0 fully saturated rings. The third-order valence-electron chi connectivity index (χ3n) is 11.3. The van der Waals surface area contributed by atoms with Crippen LogP contribution in [0.25, 0.3) is 98.8 Å². The van der Waals surface area contributed by atoms with Crippen LogP contribution in [0, 0.1) is 0 Å². The Hall–Kier alpha value is -6.55. The zero-order valence-corrected chi connectivity index (χ0v) is 29.4. The molecule has 0 radical (unpaired) electrons. The van der Waals surface area contributed by atoms with Crippen molar-refractivity contribution in [3.8, 4) is 33.6 Å². The summed E-state index contributed by atoms with van der Waals surface area (Å²) in [7, 11) is 0. The predicted molar refractivity (Wildman–Crippen MR) is 225 cm³/mol. The smallest absolute Gasteiger partial charge is 0.0553 e. The minimum absolute atomic E-state index is 1.17. The van der Waals surface area contributed by atoms with Crippen LogP contribution in [0.3, 0.4) is 0 Å². The number of fused-ring (bicyclic) bond motifs is 10. The van der Waals surface area contributed by atoms with Crippen LogP contribution < -0.4 is 0 Å². The molecule has 3 heteroatoms. The lowest BCUT2D eigenvalue weighted by atomic mass is 9.93. The van der Waals surface area contributed by atoms with Gasteiger partial charge in [-0.3, -0.25) is 0 Å². The summed E-state index contributed by atoms with van der Waals surface area (Å²) in [5.41, 5.74) is 12.3. The lowest BCUT2D eigenvalue weighted by Crippen LogP contribution is -1.96. The topological polar surface area (TPSA) is 9.86 Å². The Kier molecular flexibility index (Phi) is 6.02. The van der Waals surface area contributed by atoms with Crippen molar-refractivity contribution in [3.05, 3.63) is 182 Å². The standard InChI is InChI=1S/C50H30N2S/c1-2-14-34(15-3-1)51-43-27-25-33(29-41(43)49-39-19-11-23-47-50(39)40(30-45(49)51)37-16-7-9-22-46(37)53-47)36-18-10-21-44-48(36)38-17-6-8-20-42(38)52(44)35-26-24-31-12-4-5-13-32(31)28-35/h1-30H. The third kappa shape index (κ3) is 4.11. The van der Waals surface area contributed by atoms with Crippen LogP contribution in [0.1, 0.15) is 0 Å². The van der Waals surface area contributed by atoms with E-state index >= 15 is 0 Å². The second kappa shape index (κ2) is 11.0. The molecule has 9 aromatic carbocycles. The van der Waals surface area contributed by atoms with E-state index in [-0.39, 0.29) is 0 Å². The van der Waals surface area contributed by atoms with Gasteiger partial charge in [-0.2, -0.15) is 0 Å². The van der Waals surface area contributed by atoms with Crippen LogP contribution in [0.5, 0.6) is 0 Å². The summed E-state index contributed by atoms with van der Waals surface area (Å²) in [5.74, 6) is 0. The molecule has 0 saturated carbocycles. The second-order valence-corrected chi connectivity index (χ2v) is 15.2. The largest absolute Gasteiger partial charge is 0.309 e. The maximum Gasteiger partial charge on any atom is 0.0553 e. The van der Waals surface area contributed by atoms with Gasteiger partial charge in [0.25, 0.3) is 0 Å². The van der Waals surface area contributed by atoms with Crippen molar-refractivity contribution in [2.24, 2.45) is 0 Å². The Labute approximate surface area is 310 Å². The van der Waals surface area contributed by atoms with E-state index in [4.69, 9.17) is 0 Å². The van der Waals surface area contributed by atoms with E-state index in [1.807, 2.05) is 11.8 Å². The van der Waals surface area contributed by atoms with Gasteiger partial charge in [0, 0.05) is 48.1 Å². The summed E-state index contributed by atoms with van der Waals surface area (Å²) in [5, 5.41) is 10.3. The minimum atomic E-state index is 1.17. The van der Waals surface area contributed by atoms with Crippen LogP contribution in [-0.2, 0) is 0 Å². The molecule has 12 rings (SSSR count). The van der Waals surface area contributed by atoms with E-state index in [1.54, 1.807) is 0 Å². The summed E-state index contributed by atoms with van der Waals surface area (Å²) in [6, 6.07) is 67.2. The van der Waals surface area contributed by atoms with Crippen LogP contribution >= 0.6 is 11.8 Å². The Morgan fingerprint density at radius 3 is 1.96 bits per heavy atom. The van der Waals surface area contributed by atoms with Gasteiger partial charge in [0.1, 0.15) is 0 Å². The molecule has 0 N–H and O–H groups in total. The number of benzene rings is 9. The van der Waals surface area contributed by atoms with Gasteiger partial charge in [-0.15, -0.1) is 0 Å². The number of nitrogens with zero attached hydrogens (tertiary/aromatic N) is 2. The normalized spacial score (nSPS) is 12.5. The van der Waals surface area contributed by atoms with Crippen molar-refractivity contribution < 1.29 is 0 Å². The lowest BCUT2D eigenvalue weighted by Gasteiger charge is -2.21. The average Bonchev–Trinajstić information content (AvgIpc) is 3.74. The van der Waals surface area contributed by atoms with Crippen molar-refractivity contribution in [1.82, 2.24) is 9.13 Å². The summed E-state index contributed by atoms with van der Waals surface area (Å²) in [4.78, 5) is 2.63. The van der Waals surface area contributed by atoms with Crippen molar-refractivity contribution in [2.75, 3.05) is 0 Å². The first-order valence-electron chi connectivity index (χ1n) is 18.2. The van der Waals surface area contributed by atoms with Crippen LogP contribution in [0.15, 0.2) is 192 Å². The van der Waals surface area contributed by atoms with Gasteiger partial charge in [-0.05, 0) is 105 Å². The Balaban J connectivity index is 1.17. The maximum absolute atomic E-state index is 2.47. The van der Waals surface area contributed by atoms with Crippen LogP contribution in [0.2, 0.25) is 0 Å². The number of rotatable bonds is 3. The van der Waals surface area contributed by atoms with E-state index in [2.05, 4.69) is 191 Å². The molecular formula is C50H30N2S. The summed E-state index contributed by atoms with van der Waals surface area (Å²) >= 11 is 1.89. The van der Waals surface area contributed by atoms with Crippen molar-refractivity contribution >= 4 is 76.9 Å². The monoisotopic (exact) mass is 690 g/mol. The fourth-order valence-electron chi connectivity index (χ4n) is 9.03. The van der Waals surface area contributed by atoms with Gasteiger partial charge in [0.15, 0.2) is 0 Å². The number of para-hydroxylation sites is 2. The highest BCUT2D eigenvalue weighted by Crippen LogP contribution is 2.51. The molecule has 0 aliphatic carbocycles. The van der Waals surface area contributed by atoms with Gasteiger partial charge < -0.3 is 9.13 Å². The highest BCUT2D eigenvalue weighted by atomic mass is 32.2. The highest BCUT2D eigenvalue weighted by molar-refractivity contribution is 7.99. The first kappa shape index (κ1) is 29.1. The van der Waals surface area contributed by atoms with Gasteiger partial charge >= 0.3 is 0 Å². The molecule has 0 bridgehead atoms. The molecule has 3 heterocycles. The first-order chi connectivity index (χ1) is 26.3. The summed E-state index contributed by atoms with van der Waals surface area (Å²) < 4.78 is 4.90. The molecule has 0 atom stereocenters. The fraction of sp³-hybridized carbons (Fsp3) is 0. The molecule has 246 valence electrons. The van der Waals surface area contributed by atoms with E-state index < -0.39 is 0 Å². The Bertz CT molecular complexity index is 3310. The zero-order chi connectivity index (χ0) is 34.6. The number of hydrogen-bond donors (Lipinski definition) is 0. The second-order valence-electron chi connectivity index (χ2n) is 14.1. The molecule has 0 amide bonds. The Morgan fingerprint density at radius 1 is 0.321 bits per heavy atom. The van der Waals surface area contributed by atoms with Crippen molar-refractivity contribution in [3.63, 3.8) is 0 Å². The maximum atomic E-state index is 2.47. The van der Waals surface area contributed by atoms with Gasteiger partial charge in [-0.1, -0.05) is 127 Å². The third-order valence-corrected chi connectivity index (χ3v) is 12.4. The Morgan fingerprint density at radius 2 is 1.02 bits per heavy atom. The fourth-order valence-corrected chi connectivity index (χ4v) is 10.2. The summed E-state index contributed by atoms with van der Waals surface area (Å²) in [6.45, 7) is 0. The molecule has 2 aromatic heterocycles. The highest BCUT2D eigenvalue weighted by Gasteiger charge is 2.25. The predicted octanol–water partition coefficient (Wildman–Crippen LogP) is 14.0. The molecule has 53 heavy (non-hydrogen) atoms. The zero-order valence-electron chi connectivity index (χ0n) is 28.6. The number of hydrogen-bond acceptors (Lipinski definition) is 1. The van der Waals surface area contributed by atoms with Crippen LogP contribution in [0.4, 0.5) is 0 Å². The number of aromatic nitrogens is 2. The summed E-state index contributed by atoms with van der Waals surface area (Å²) in [6.07, 6.45) is 0. The van der Waals surface area contributed by atoms with E-state index in [0.29, 0.717) is 0 Å². The molecular weight excluding hydrogens is 661 g/mol. The molecule has 1 aliphatic rings. The van der Waals surface area contributed by atoms with Crippen molar-refractivity contribution in [1.29, 1.82) is 0 Å². The first-order valence-corrected chi connectivity index (χ1v) is 19.0. The molecule has 0 spiro atoms. The van der Waals surface area contributed by atoms with Gasteiger partial charge in [-0.25, -0.2) is 0 Å². The van der Waals surface area contributed by atoms with Crippen molar-refractivity contribution in [2.45, 2.75) is 9.79 Å². The SMILES string of the molecule is c1ccc(-n2c3ccc(-c4cccc5c4c4ccccc4n5-c4ccc5ccccc5c4)cc3c3c4cccc5c4c(cc32)-c2ccccc2S5)cc1. The molecule has 11 aromatic rings. The van der Waals surface area contributed by atoms with Gasteiger partial charge in [0.2, 0.25) is 0 Å². The molecule has 2 nitrogen and oxygen atoms in total. The van der Waals surface area contributed by atoms with Gasteiger partial charge in [0.05, 0.1) is 22.1 Å². The minimum Gasteiger partial charge on any atom is -0.309 e. The molecule has 0 saturated heterocycles. The van der Waals surface area contributed by atoms with E-state index in [1.165, 1.54) is 109 Å². The quantitative estimate of drug-likeness (QED) is 0.179. The van der Waals surface area contributed by atoms with E-state index in [0.717, 1.165) is 0 Å². The molecule has 1 aliphatic heterocycles. The molecule has 0 unspecified atom stereocenters. The van der Waals surface area contributed by atoms with E-state index in [9.17, 15) is 0 Å². The average molecular weight is 691 g/mol. The van der Waals surface area contributed by atoms with Crippen LogP contribution in [-0.4, -0.2) is 9.13 Å². The lowest BCUT2D eigenvalue weighted by molar-refractivity contribution is 1.18.